The predicted molar refractivity (Wildman–Crippen MR) is 177 cm³/mol. The second kappa shape index (κ2) is 16.2. The molecule has 0 aromatic heterocycles. The number of likely N-dealkylation sites (N-methyl/N-ethyl adjacent to an activating group) is 1. The third-order valence-corrected chi connectivity index (χ3v) is 8.07. The van der Waals surface area contributed by atoms with Crippen molar-refractivity contribution in [1.82, 2.24) is 9.80 Å². The SMILES string of the molecule is Cc1ccc(C(Cl)C(=O)O)c(Cc2ccccc2)c1.Cc1ccc(OC(=O)CN2CCN(C)CC2)c(Cc2ccccc2)c1. The summed E-state index contributed by atoms with van der Waals surface area (Å²) in [7, 11) is 2.11. The number of benzene rings is 4. The number of piperazine rings is 1. The summed E-state index contributed by atoms with van der Waals surface area (Å²) in [5.41, 5.74) is 7.32. The number of rotatable bonds is 9. The third kappa shape index (κ3) is 10.1. The van der Waals surface area contributed by atoms with Crippen molar-refractivity contribution in [3.05, 3.63) is 136 Å². The van der Waals surface area contributed by atoms with E-state index in [0.717, 1.165) is 54.9 Å². The van der Waals surface area contributed by atoms with Gasteiger partial charge < -0.3 is 14.7 Å². The molecule has 0 spiro atoms. The Bertz CT molecular complexity index is 1520. The first-order valence-corrected chi connectivity index (χ1v) is 15.4. The number of nitrogens with zero attached hydrogens (tertiary/aromatic N) is 2. The molecule has 0 radical (unpaired) electrons. The summed E-state index contributed by atoms with van der Waals surface area (Å²) in [6, 6.07) is 31.9. The van der Waals surface area contributed by atoms with Gasteiger partial charge in [-0.3, -0.25) is 14.5 Å². The van der Waals surface area contributed by atoms with Crippen LogP contribution in [-0.2, 0) is 22.4 Å². The van der Waals surface area contributed by atoms with Crippen LogP contribution in [0.2, 0.25) is 0 Å². The summed E-state index contributed by atoms with van der Waals surface area (Å²) < 4.78 is 5.71. The molecule has 1 saturated heterocycles. The number of ether oxygens (including phenoxy) is 1. The van der Waals surface area contributed by atoms with Crippen molar-refractivity contribution in [1.29, 1.82) is 0 Å². The van der Waals surface area contributed by atoms with Gasteiger partial charge in [0, 0.05) is 32.6 Å². The van der Waals surface area contributed by atoms with Crippen LogP contribution in [0, 0.1) is 13.8 Å². The number of esters is 1. The van der Waals surface area contributed by atoms with Crippen LogP contribution in [0.5, 0.6) is 5.75 Å². The van der Waals surface area contributed by atoms with E-state index in [1.165, 1.54) is 11.1 Å². The maximum absolute atomic E-state index is 12.4. The summed E-state index contributed by atoms with van der Waals surface area (Å²) in [5, 5.41) is 8.06. The van der Waals surface area contributed by atoms with Crippen LogP contribution in [0.4, 0.5) is 0 Å². The first-order valence-electron chi connectivity index (χ1n) is 14.9. The maximum atomic E-state index is 12.4. The topological polar surface area (TPSA) is 70.1 Å². The first kappa shape index (κ1) is 32.9. The van der Waals surface area contributed by atoms with Crippen molar-refractivity contribution in [3.63, 3.8) is 0 Å². The molecule has 4 aromatic carbocycles. The Balaban J connectivity index is 0.000000209. The molecule has 1 fully saturated rings. The molecule has 0 aliphatic carbocycles. The molecule has 44 heavy (non-hydrogen) atoms. The van der Waals surface area contributed by atoms with Crippen molar-refractivity contribution >= 4 is 23.5 Å². The quantitative estimate of drug-likeness (QED) is 0.129. The molecule has 6 nitrogen and oxygen atoms in total. The van der Waals surface area contributed by atoms with Crippen LogP contribution in [0.1, 0.15) is 44.3 Å². The molecule has 7 heteroatoms. The summed E-state index contributed by atoms with van der Waals surface area (Å²) in [5.74, 6) is -0.517. The molecule has 1 unspecified atom stereocenters. The zero-order valence-corrected chi connectivity index (χ0v) is 26.5. The molecule has 0 amide bonds. The second-order valence-corrected chi connectivity index (χ2v) is 11.8. The minimum absolute atomic E-state index is 0.178. The monoisotopic (exact) mass is 612 g/mol. The summed E-state index contributed by atoms with van der Waals surface area (Å²) >= 11 is 5.97. The van der Waals surface area contributed by atoms with E-state index in [2.05, 4.69) is 42.0 Å². The Morgan fingerprint density at radius 2 is 1.30 bits per heavy atom. The van der Waals surface area contributed by atoms with Gasteiger partial charge in [0.05, 0.1) is 6.54 Å². The number of halogens is 1. The second-order valence-electron chi connectivity index (χ2n) is 11.4. The van der Waals surface area contributed by atoms with E-state index >= 15 is 0 Å². The lowest BCUT2D eigenvalue weighted by Gasteiger charge is -2.31. The van der Waals surface area contributed by atoms with Crippen molar-refractivity contribution < 1.29 is 19.4 Å². The number of hydrogen-bond donors (Lipinski definition) is 1. The average Bonchev–Trinajstić information content (AvgIpc) is 3.01. The number of aryl methyl sites for hydroxylation is 2. The van der Waals surface area contributed by atoms with Crippen LogP contribution in [0.25, 0.3) is 0 Å². The molecule has 0 saturated carbocycles. The Labute approximate surface area is 265 Å². The summed E-state index contributed by atoms with van der Waals surface area (Å²) in [6.45, 7) is 8.22. The Hall–Kier alpha value is -3.97. The lowest BCUT2D eigenvalue weighted by molar-refractivity contribution is -0.137. The van der Waals surface area contributed by atoms with E-state index in [9.17, 15) is 9.59 Å². The highest BCUT2D eigenvalue weighted by molar-refractivity contribution is 6.29. The molecule has 1 aliphatic heterocycles. The maximum Gasteiger partial charge on any atom is 0.326 e. The predicted octanol–water partition coefficient (Wildman–Crippen LogP) is 6.69. The van der Waals surface area contributed by atoms with E-state index in [-0.39, 0.29) is 5.97 Å². The number of hydrogen-bond acceptors (Lipinski definition) is 5. The van der Waals surface area contributed by atoms with Crippen LogP contribution in [0.15, 0.2) is 97.1 Å². The number of carboxylic acids is 1. The molecule has 5 rings (SSSR count). The summed E-state index contributed by atoms with van der Waals surface area (Å²) in [4.78, 5) is 27.9. The van der Waals surface area contributed by atoms with Gasteiger partial charge in [-0.2, -0.15) is 0 Å². The van der Waals surface area contributed by atoms with E-state index in [1.54, 1.807) is 6.07 Å². The van der Waals surface area contributed by atoms with Gasteiger partial charge in [-0.1, -0.05) is 102 Å². The van der Waals surface area contributed by atoms with Gasteiger partial charge in [0.2, 0.25) is 0 Å². The van der Waals surface area contributed by atoms with Crippen LogP contribution in [-0.4, -0.2) is 66.6 Å². The molecule has 230 valence electrons. The number of carbonyl (C=O) groups is 2. The number of carboxylic acid groups (broad SMARTS) is 1. The first-order chi connectivity index (χ1) is 21.2. The van der Waals surface area contributed by atoms with E-state index in [1.807, 2.05) is 79.7 Å². The minimum Gasteiger partial charge on any atom is -0.480 e. The fourth-order valence-corrected chi connectivity index (χ4v) is 5.40. The normalized spacial score (nSPS) is 14.3. The lowest BCUT2D eigenvalue weighted by atomic mass is 9.96. The van der Waals surface area contributed by atoms with Gasteiger partial charge in [-0.25, -0.2) is 0 Å². The molecule has 4 aromatic rings. The van der Waals surface area contributed by atoms with Gasteiger partial charge >= 0.3 is 11.9 Å². The van der Waals surface area contributed by atoms with E-state index < -0.39 is 11.3 Å². The van der Waals surface area contributed by atoms with Crippen LogP contribution >= 0.6 is 11.6 Å². The molecule has 1 aliphatic rings. The minimum atomic E-state index is -1.01. The number of alkyl halides is 1. The molecular weight excluding hydrogens is 572 g/mol. The van der Waals surface area contributed by atoms with E-state index in [4.69, 9.17) is 21.4 Å². The third-order valence-electron chi connectivity index (χ3n) is 7.65. The van der Waals surface area contributed by atoms with Gasteiger partial charge in [0.25, 0.3) is 0 Å². The van der Waals surface area contributed by atoms with Crippen LogP contribution < -0.4 is 4.74 Å². The zero-order chi connectivity index (χ0) is 31.5. The van der Waals surface area contributed by atoms with E-state index in [0.29, 0.717) is 24.3 Å². The Morgan fingerprint density at radius 3 is 1.86 bits per heavy atom. The van der Waals surface area contributed by atoms with Gasteiger partial charge in [-0.05, 0) is 61.2 Å². The molecule has 1 N–H and O–H groups in total. The highest BCUT2D eigenvalue weighted by Crippen LogP contribution is 2.27. The largest absolute Gasteiger partial charge is 0.480 e. The molecule has 1 heterocycles. The van der Waals surface area contributed by atoms with Crippen molar-refractivity contribution in [2.75, 3.05) is 39.8 Å². The highest BCUT2D eigenvalue weighted by Gasteiger charge is 2.20. The fraction of sp³-hybridized carbons (Fsp3) is 0.297. The average molecular weight is 613 g/mol. The van der Waals surface area contributed by atoms with Crippen molar-refractivity contribution in [3.8, 4) is 5.75 Å². The highest BCUT2D eigenvalue weighted by atomic mass is 35.5. The fourth-order valence-electron chi connectivity index (χ4n) is 5.19. The smallest absolute Gasteiger partial charge is 0.326 e. The standard InChI is InChI=1S/C21H26N2O2.C16H15ClO2/c1-17-8-9-20(19(14-17)15-18-6-4-3-5-7-18)25-21(24)16-23-12-10-22(2)11-13-23;1-11-7-8-14(15(17)16(18)19)13(9-11)10-12-5-3-2-4-6-12/h3-9,14H,10-13,15-16H2,1-2H3;2-9,15H,10H2,1H3,(H,18,19). The van der Waals surface area contributed by atoms with Gasteiger partial charge in [0.15, 0.2) is 5.38 Å². The van der Waals surface area contributed by atoms with Crippen molar-refractivity contribution in [2.45, 2.75) is 32.1 Å². The number of aliphatic carboxylic acids is 1. The molecule has 1 atom stereocenters. The lowest BCUT2D eigenvalue weighted by Crippen LogP contribution is -2.46. The summed E-state index contributed by atoms with van der Waals surface area (Å²) in [6.07, 6.45) is 1.45. The van der Waals surface area contributed by atoms with Crippen LogP contribution in [0.3, 0.4) is 0 Å². The van der Waals surface area contributed by atoms with Crippen molar-refractivity contribution in [2.24, 2.45) is 0 Å². The molecular formula is C37H41ClN2O4. The van der Waals surface area contributed by atoms with Gasteiger partial charge in [-0.15, -0.1) is 11.6 Å². The Kier molecular flexibility index (Phi) is 12.1. The zero-order valence-electron chi connectivity index (χ0n) is 25.7. The number of carbonyl (C=O) groups excluding carboxylic acids is 1. The van der Waals surface area contributed by atoms with Gasteiger partial charge in [0.1, 0.15) is 5.75 Å². The molecule has 0 bridgehead atoms. The Morgan fingerprint density at radius 1 is 0.773 bits per heavy atom.